The maximum Gasteiger partial charge on any atom is 0.242 e. The molecule has 98 valence electrons. The first-order valence-corrected chi connectivity index (χ1v) is 7.03. The Kier molecular flexibility index (Phi) is 4.13. The van der Waals surface area contributed by atoms with Gasteiger partial charge in [0, 0.05) is 0 Å². The second kappa shape index (κ2) is 4.94. The van der Waals surface area contributed by atoms with Crippen LogP contribution in [-0.2, 0) is 10.0 Å². The monoisotopic (exact) mass is 307 g/mol. The van der Waals surface area contributed by atoms with Crippen molar-refractivity contribution in [1.29, 1.82) is 5.26 Å². The van der Waals surface area contributed by atoms with Crippen molar-refractivity contribution in [3.8, 4) is 6.07 Å². The fraction of sp³-hybridized carbons (Fsp3) is 0.300. The van der Waals surface area contributed by atoms with Gasteiger partial charge in [-0.15, -0.1) is 0 Å². The molecule has 5 nitrogen and oxygen atoms in total. The third-order valence-corrected chi connectivity index (χ3v) is 4.29. The van der Waals surface area contributed by atoms with Crippen molar-refractivity contribution in [2.45, 2.75) is 24.3 Å². The number of benzene rings is 1. The van der Waals surface area contributed by atoms with E-state index in [4.69, 9.17) is 34.2 Å². The highest BCUT2D eigenvalue weighted by Gasteiger charge is 2.26. The van der Waals surface area contributed by atoms with Crippen LogP contribution in [0.5, 0.6) is 0 Å². The number of nitrogens with one attached hydrogen (secondary N) is 1. The number of hydrogen-bond donors (Lipinski definition) is 2. The van der Waals surface area contributed by atoms with Crippen molar-refractivity contribution in [2.24, 2.45) is 0 Å². The minimum absolute atomic E-state index is 0.0395. The van der Waals surface area contributed by atoms with Gasteiger partial charge in [0.25, 0.3) is 0 Å². The molecular formula is C10H11Cl2N3O2S. The smallest absolute Gasteiger partial charge is 0.242 e. The van der Waals surface area contributed by atoms with Crippen molar-refractivity contribution in [3.63, 3.8) is 0 Å². The van der Waals surface area contributed by atoms with Crippen LogP contribution in [-0.4, -0.2) is 14.0 Å². The summed E-state index contributed by atoms with van der Waals surface area (Å²) >= 11 is 11.5. The quantitative estimate of drug-likeness (QED) is 0.836. The Morgan fingerprint density at radius 1 is 1.33 bits per heavy atom. The highest BCUT2D eigenvalue weighted by Crippen LogP contribution is 2.30. The van der Waals surface area contributed by atoms with Gasteiger partial charge in [-0.1, -0.05) is 23.2 Å². The highest BCUT2D eigenvalue weighted by atomic mass is 35.5. The van der Waals surface area contributed by atoms with Crippen molar-refractivity contribution in [3.05, 3.63) is 22.2 Å². The van der Waals surface area contributed by atoms with Gasteiger partial charge in [-0.05, 0) is 26.0 Å². The number of nitrogens with two attached hydrogens (primary N) is 1. The Morgan fingerprint density at radius 3 is 2.17 bits per heavy atom. The minimum atomic E-state index is -3.89. The van der Waals surface area contributed by atoms with Crippen LogP contribution in [0.3, 0.4) is 0 Å². The number of halogens is 2. The number of sulfonamides is 1. The minimum Gasteiger partial charge on any atom is -0.396 e. The molecule has 0 aliphatic heterocycles. The molecule has 0 unspecified atom stereocenters. The zero-order valence-electron chi connectivity index (χ0n) is 9.66. The second-order valence-electron chi connectivity index (χ2n) is 4.14. The van der Waals surface area contributed by atoms with E-state index in [0.717, 1.165) is 0 Å². The number of rotatable bonds is 3. The normalized spacial score (nSPS) is 12.2. The second-order valence-corrected chi connectivity index (χ2v) is 6.64. The topological polar surface area (TPSA) is 96.0 Å². The van der Waals surface area contributed by atoms with Crippen LogP contribution in [0.1, 0.15) is 13.8 Å². The highest BCUT2D eigenvalue weighted by molar-refractivity contribution is 7.89. The first kappa shape index (κ1) is 15.1. The summed E-state index contributed by atoms with van der Waals surface area (Å²) in [6.45, 7) is 2.87. The summed E-state index contributed by atoms with van der Waals surface area (Å²) in [5, 5.41) is 8.89. The summed E-state index contributed by atoms with van der Waals surface area (Å²) in [5.41, 5.74) is 4.39. The molecule has 8 heteroatoms. The van der Waals surface area contributed by atoms with Crippen LogP contribution in [0.15, 0.2) is 17.0 Å². The van der Waals surface area contributed by atoms with E-state index >= 15 is 0 Å². The number of nitrogen functional groups attached to an aromatic ring is 1. The van der Waals surface area contributed by atoms with Gasteiger partial charge >= 0.3 is 0 Å². The number of nitrogens with zero attached hydrogens (tertiary/aromatic N) is 1. The molecule has 1 rings (SSSR count). The molecule has 0 bridgehead atoms. The van der Waals surface area contributed by atoms with Gasteiger partial charge in [-0.3, -0.25) is 0 Å². The van der Waals surface area contributed by atoms with E-state index in [1.54, 1.807) is 0 Å². The lowest BCUT2D eigenvalue weighted by molar-refractivity contribution is 0.536. The van der Waals surface area contributed by atoms with Gasteiger partial charge in [-0.25, -0.2) is 8.42 Å². The van der Waals surface area contributed by atoms with Gasteiger partial charge in [0.2, 0.25) is 10.0 Å². The molecule has 0 aromatic heterocycles. The summed E-state index contributed by atoms with van der Waals surface area (Å²) in [4.78, 5) is -0.143. The first-order chi connectivity index (χ1) is 8.09. The van der Waals surface area contributed by atoms with Crippen LogP contribution in [0, 0.1) is 11.3 Å². The lowest BCUT2D eigenvalue weighted by Gasteiger charge is -2.18. The molecule has 3 N–H and O–H groups in total. The molecule has 0 spiro atoms. The molecule has 0 aliphatic rings. The third kappa shape index (κ3) is 3.27. The molecule has 18 heavy (non-hydrogen) atoms. The molecule has 0 fully saturated rings. The third-order valence-electron chi connectivity index (χ3n) is 2.03. The van der Waals surface area contributed by atoms with Crippen LogP contribution >= 0.6 is 23.2 Å². The molecule has 0 saturated heterocycles. The molecule has 0 saturated carbocycles. The predicted molar refractivity (Wildman–Crippen MR) is 70.9 cm³/mol. The SMILES string of the molecule is CC(C)(C#N)NS(=O)(=O)c1cc(Cl)c(N)c(Cl)c1. The van der Waals surface area contributed by atoms with E-state index in [1.807, 2.05) is 6.07 Å². The fourth-order valence-corrected chi connectivity index (χ4v) is 3.13. The Labute approximate surface area is 116 Å². The first-order valence-electron chi connectivity index (χ1n) is 4.79. The number of anilines is 1. The van der Waals surface area contributed by atoms with E-state index in [-0.39, 0.29) is 20.6 Å². The van der Waals surface area contributed by atoms with Crippen molar-refractivity contribution in [1.82, 2.24) is 4.72 Å². The standard InChI is InChI=1S/C10H11Cl2N3O2S/c1-10(2,5-13)15-18(16,17)6-3-7(11)9(14)8(12)4-6/h3-4,15H,14H2,1-2H3. The van der Waals surface area contributed by atoms with E-state index < -0.39 is 15.6 Å². The van der Waals surface area contributed by atoms with Crippen molar-refractivity contribution >= 4 is 38.9 Å². The molecule has 0 radical (unpaired) electrons. The summed E-state index contributed by atoms with van der Waals surface area (Å²) in [6.07, 6.45) is 0. The molecule has 1 aromatic rings. The van der Waals surface area contributed by atoms with Crippen molar-refractivity contribution in [2.75, 3.05) is 5.73 Å². The average molecular weight is 308 g/mol. The van der Waals surface area contributed by atoms with Gasteiger partial charge < -0.3 is 5.73 Å². The summed E-state index contributed by atoms with van der Waals surface area (Å²) in [6, 6.07) is 4.19. The van der Waals surface area contributed by atoms with Crippen LogP contribution in [0.2, 0.25) is 10.0 Å². The average Bonchev–Trinajstić information content (AvgIpc) is 2.23. The summed E-state index contributed by atoms with van der Waals surface area (Å²) in [7, 11) is -3.89. The summed E-state index contributed by atoms with van der Waals surface area (Å²) in [5.74, 6) is 0. The largest absolute Gasteiger partial charge is 0.396 e. The number of hydrogen-bond acceptors (Lipinski definition) is 4. The Balaban J connectivity index is 3.27. The van der Waals surface area contributed by atoms with Gasteiger partial charge in [0.1, 0.15) is 5.54 Å². The zero-order chi connectivity index (χ0) is 14.1. The Morgan fingerprint density at radius 2 is 1.78 bits per heavy atom. The molecule has 0 atom stereocenters. The Hall–Kier alpha value is -1.00. The fourth-order valence-electron chi connectivity index (χ4n) is 1.13. The maximum absolute atomic E-state index is 12.0. The molecule has 0 aliphatic carbocycles. The molecule has 1 aromatic carbocycles. The van der Waals surface area contributed by atoms with Gasteiger partial charge in [0.15, 0.2) is 0 Å². The zero-order valence-corrected chi connectivity index (χ0v) is 12.0. The van der Waals surface area contributed by atoms with Crippen molar-refractivity contribution < 1.29 is 8.42 Å². The maximum atomic E-state index is 12.0. The van der Waals surface area contributed by atoms with Gasteiger partial charge in [-0.2, -0.15) is 9.98 Å². The molecule has 0 heterocycles. The lowest BCUT2D eigenvalue weighted by atomic mass is 10.1. The van der Waals surface area contributed by atoms with Gasteiger partial charge in [0.05, 0.1) is 26.7 Å². The van der Waals surface area contributed by atoms with Crippen LogP contribution < -0.4 is 10.5 Å². The Bertz CT molecular complexity index is 597. The van der Waals surface area contributed by atoms with E-state index in [9.17, 15) is 8.42 Å². The predicted octanol–water partition coefficient (Wildman–Crippen LogP) is 2.16. The lowest BCUT2D eigenvalue weighted by Crippen LogP contribution is -2.41. The van der Waals surface area contributed by atoms with E-state index in [0.29, 0.717) is 0 Å². The number of nitriles is 1. The summed E-state index contributed by atoms with van der Waals surface area (Å²) < 4.78 is 26.2. The van der Waals surface area contributed by atoms with E-state index in [1.165, 1.54) is 26.0 Å². The van der Waals surface area contributed by atoms with Crippen LogP contribution in [0.4, 0.5) is 5.69 Å². The molecular weight excluding hydrogens is 297 g/mol. The van der Waals surface area contributed by atoms with Crippen LogP contribution in [0.25, 0.3) is 0 Å². The van der Waals surface area contributed by atoms with E-state index in [2.05, 4.69) is 4.72 Å². The molecule has 0 amide bonds.